The first-order valence-corrected chi connectivity index (χ1v) is 11.4. The Kier molecular flexibility index (Phi) is 5.74. The topological polar surface area (TPSA) is 121 Å². The van der Waals surface area contributed by atoms with E-state index in [9.17, 15) is 13.2 Å². The van der Waals surface area contributed by atoms with Crippen molar-refractivity contribution in [1.29, 1.82) is 0 Å². The number of sulfonamides is 1. The minimum absolute atomic E-state index is 0.0106. The standard InChI is InChI=1S/C21H22N4O6S/c1-4-20-22-19(23-31-20)13-24-17-11-10-16(12-18(17)30-21(24)26)32(27,28)25(5-2)14-6-8-15(29-3)9-7-14/h6-12H,4-5,13H2,1-3H3. The summed E-state index contributed by atoms with van der Waals surface area (Å²) in [4.78, 5) is 16.6. The van der Waals surface area contributed by atoms with Crippen LogP contribution < -0.4 is 14.8 Å². The van der Waals surface area contributed by atoms with E-state index in [-0.39, 0.29) is 23.6 Å². The van der Waals surface area contributed by atoms with Gasteiger partial charge in [0.2, 0.25) is 5.89 Å². The molecule has 0 saturated carbocycles. The highest BCUT2D eigenvalue weighted by Crippen LogP contribution is 2.27. The number of rotatable bonds is 8. The SMILES string of the molecule is CCc1nc(Cn2c(=O)oc3cc(S(=O)(=O)N(CC)c4ccc(OC)cc4)ccc32)no1. The predicted molar refractivity (Wildman–Crippen MR) is 116 cm³/mol. The molecule has 0 saturated heterocycles. The van der Waals surface area contributed by atoms with Gasteiger partial charge in [0, 0.05) is 19.0 Å². The molecule has 2 heterocycles. The first-order chi connectivity index (χ1) is 15.4. The Hall–Kier alpha value is -3.60. The Balaban J connectivity index is 1.70. The van der Waals surface area contributed by atoms with Crippen molar-refractivity contribution < 1.29 is 22.1 Å². The number of aromatic nitrogens is 3. The minimum Gasteiger partial charge on any atom is -0.497 e. The second-order valence-electron chi connectivity index (χ2n) is 6.91. The van der Waals surface area contributed by atoms with Crippen LogP contribution in [-0.2, 0) is 23.0 Å². The van der Waals surface area contributed by atoms with Crippen LogP contribution in [0.2, 0.25) is 0 Å². The number of hydrogen-bond acceptors (Lipinski definition) is 8. The zero-order valence-electron chi connectivity index (χ0n) is 17.8. The van der Waals surface area contributed by atoms with Gasteiger partial charge in [-0.2, -0.15) is 4.98 Å². The molecule has 0 unspecified atom stereocenters. The summed E-state index contributed by atoms with van der Waals surface area (Å²) in [5.74, 6) is 0.784. The Morgan fingerprint density at radius 3 is 2.50 bits per heavy atom. The molecule has 11 heteroatoms. The van der Waals surface area contributed by atoms with Gasteiger partial charge in [0.1, 0.15) is 5.75 Å². The summed E-state index contributed by atoms with van der Waals surface area (Å²) in [6.45, 7) is 3.89. The molecule has 2 aromatic heterocycles. The van der Waals surface area contributed by atoms with Gasteiger partial charge in [-0.3, -0.25) is 8.87 Å². The van der Waals surface area contributed by atoms with E-state index in [0.717, 1.165) is 0 Å². The molecule has 4 rings (SSSR count). The summed E-state index contributed by atoms with van der Waals surface area (Å²) >= 11 is 0. The second kappa shape index (κ2) is 8.50. The average molecular weight is 458 g/mol. The molecule has 0 aliphatic rings. The Labute approximate surface area is 184 Å². The van der Waals surface area contributed by atoms with Gasteiger partial charge in [-0.05, 0) is 43.3 Å². The third-order valence-electron chi connectivity index (χ3n) is 4.99. The average Bonchev–Trinajstić information content (AvgIpc) is 3.38. The van der Waals surface area contributed by atoms with Crippen molar-refractivity contribution in [3.63, 3.8) is 0 Å². The van der Waals surface area contributed by atoms with Crippen LogP contribution in [0.15, 0.2) is 61.1 Å². The van der Waals surface area contributed by atoms with Crippen molar-refractivity contribution in [2.24, 2.45) is 0 Å². The van der Waals surface area contributed by atoms with Gasteiger partial charge in [-0.1, -0.05) is 12.1 Å². The minimum atomic E-state index is -3.90. The van der Waals surface area contributed by atoms with E-state index in [1.165, 1.54) is 27.1 Å². The molecule has 0 radical (unpaired) electrons. The largest absolute Gasteiger partial charge is 0.497 e. The van der Waals surface area contributed by atoms with Crippen LogP contribution in [0.5, 0.6) is 5.75 Å². The van der Waals surface area contributed by atoms with Gasteiger partial charge in [-0.15, -0.1) is 0 Å². The van der Waals surface area contributed by atoms with E-state index >= 15 is 0 Å². The van der Waals surface area contributed by atoms with Crippen LogP contribution in [0.1, 0.15) is 25.6 Å². The molecule has 0 aliphatic heterocycles. The van der Waals surface area contributed by atoms with Crippen LogP contribution in [0.3, 0.4) is 0 Å². The lowest BCUT2D eigenvalue weighted by Gasteiger charge is -2.23. The number of ether oxygens (including phenoxy) is 1. The van der Waals surface area contributed by atoms with Crippen LogP contribution in [0.4, 0.5) is 5.69 Å². The summed E-state index contributed by atoms with van der Waals surface area (Å²) in [7, 11) is -2.35. The Bertz CT molecular complexity index is 1400. The Morgan fingerprint density at radius 2 is 1.88 bits per heavy atom. The van der Waals surface area contributed by atoms with Gasteiger partial charge < -0.3 is 13.7 Å². The third kappa shape index (κ3) is 3.86. The fourth-order valence-corrected chi connectivity index (χ4v) is 4.85. The van der Waals surface area contributed by atoms with Crippen molar-refractivity contribution in [3.05, 3.63) is 64.7 Å². The van der Waals surface area contributed by atoms with Gasteiger partial charge in [0.15, 0.2) is 11.4 Å². The zero-order valence-corrected chi connectivity index (χ0v) is 18.6. The maximum Gasteiger partial charge on any atom is 0.420 e. The van der Waals surface area contributed by atoms with Gasteiger partial charge >= 0.3 is 5.76 Å². The quantitative estimate of drug-likeness (QED) is 0.395. The number of hydrogen-bond donors (Lipinski definition) is 0. The molecule has 0 atom stereocenters. The van der Waals surface area contributed by atoms with E-state index < -0.39 is 15.8 Å². The molecule has 168 valence electrons. The van der Waals surface area contributed by atoms with E-state index in [1.807, 2.05) is 6.92 Å². The summed E-state index contributed by atoms with van der Waals surface area (Å²) in [5, 5.41) is 3.85. The molecule has 0 spiro atoms. The van der Waals surface area contributed by atoms with Crippen LogP contribution in [-0.4, -0.2) is 36.8 Å². The second-order valence-corrected chi connectivity index (χ2v) is 8.77. The number of oxazole rings is 1. The fourth-order valence-electron chi connectivity index (χ4n) is 3.36. The van der Waals surface area contributed by atoms with Crippen molar-refractivity contribution in [2.75, 3.05) is 18.0 Å². The lowest BCUT2D eigenvalue weighted by molar-refractivity contribution is 0.375. The molecule has 2 aromatic carbocycles. The van der Waals surface area contributed by atoms with Gasteiger partial charge in [0.05, 0.1) is 29.8 Å². The van der Waals surface area contributed by atoms with E-state index in [2.05, 4.69) is 10.1 Å². The number of nitrogens with zero attached hydrogens (tertiary/aromatic N) is 4. The Morgan fingerprint density at radius 1 is 1.12 bits per heavy atom. The number of aryl methyl sites for hydroxylation is 1. The molecule has 0 amide bonds. The molecular weight excluding hydrogens is 436 g/mol. The lowest BCUT2D eigenvalue weighted by atomic mass is 10.3. The molecular formula is C21H22N4O6S. The number of benzene rings is 2. The predicted octanol–water partition coefficient (Wildman–Crippen LogP) is 2.81. The summed E-state index contributed by atoms with van der Waals surface area (Å²) in [6.07, 6.45) is 0.581. The van der Waals surface area contributed by atoms with Crippen LogP contribution in [0.25, 0.3) is 11.1 Å². The normalized spacial score (nSPS) is 11.7. The van der Waals surface area contributed by atoms with E-state index in [1.54, 1.807) is 38.3 Å². The summed E-state index contributed by atoms with van der Waals surface area (Å²) in [5.41, 5.74) is 1.08. The molecule has 0 bridgehead atoms. The molecule has 4 aromatic rings. The number of methoxy groups -OCH3 is 1. The number of fused-ring (bicyclic) bond motifs is 1. The van der Waals surface area contributed by atoms with Crippen molar-refractivity contribution in [3.8, 4) is 5.75 Å². The first kappa shape index (κ1) is 21.6. The fraction of sp³-hybridized carbons (Fsp3) is 0.286. The monoisotopic (exact) mass is 458 g/mol. The summed E-state index contributed by atoms with van der Waals surface area (Å²) in [6, 6.07) is 11.1. The van der Waals surface area contributed by atoms with Gasteiger partial charge in [-0.25, -0.2) is 13.2 Å². The van der Waals surface area contributed by atoms with Gasteiger partial charge in [0.25, 0.3) is 10.0 Å². The van der Waals surface area contributed by atoms with E-state index in [4.69, 9.17) is 13.7 Å². The van der Waals surface area contributed by atoms with E-state index in [0.29, 0.717) is 35.1 Å². The highest BCUT2D eigenvalue weighted by atomic mass is 32.2. The third-order valence-corrected chi connectivity index (χ3v) is 6.89. The van der Waals surface area contributed by atoms with Crippen LogP contribution >= 0.6 is 0 Å². The zero-order chi connectivity index (χ0) is 22.9. The highest BCUT2D eigenvalue weighted by Gasteiger charge is 2.25. The molecule has 0 fully saturated rings. The van der Waals surface area contributed by atoms with Crippen LogP contribution in [0, 0.1) is 0 Å². The first-order valence-electron chi connectivity index (χ1n) is 9.99. The van der Waals surface area contributed by atoms with Crippen molar-refractivity contribution >= 4 is 26.8 Å². The molecule has 0 N–H and O–H groups in total. The molecule has 0 aliphatic carbocycles. The maximum absolute atomic E-state index is 13.3. The van der Waals surface area contributed by atoms with Crippen molar-refractivity contribution in [1.82, 2.24) is 14.7 Å². The maximum atomic E-state index is 13.3. The van der Waals surface area contributed by atoms with Crippen molar-refractivity contribution in [2.45, 2.75) is 31.7 Å². The molecule has 10 nitrogen and oxygen atoms in total. The number of anilines is 1. The smallest absolute Gasteiger partial charge is 0.420 e. The highest BCUT2D eigenvalue weighted by molar-refractivity contribution is 7.92. The summed E-state index contributed by atoms with van der Waals surface area (Å²) < 4.78 is 44.8. The lowest BCUT2D eigenvalue weighted by Crippen LogP contribution is -2.30. The molecule has 32 heavy (non-hydrogen) atoms.